The van der Waals surface area contributed by atoms with E-state index in [0.29, 0.717) is 24.0 Å². The molecule has 7 N–H and O–H groups in total. The number of sulfonamides is 1. The van der Waals surface area contributed by atoms with Gasteiger partial charge in [-0.2, -0.15) is 0 Å². The number of hydrogen-bond acceptors (Lipinski definition) is 6. The van der Waals surface area contributed by atoms with Gasteiger partial charge in [-0.3, -0.25) is 15.0 Å². The molecule has 202 valence electrons. The molecule has 0 aromatic heterocycles. The molecule has 0 fully saturated rings. The standard InChI is InChI=1S/C26H37N5O5S/c1-18(2)23(31-37(35,36)17-20-8-4-3-5-9-20)26(34)30-22(10-6-7-15-32)25(33)29-16-19-11-13-21(14-12-19)24(27)28/h3-5,8-9,11-14,18,22-23,31-32H,6-7,10,15-17H2,1-2H3,(H3,27,28)(H,29,33)(H,30,34)/t22?,23-/m1/s1. The summed E-state index contributed by atoms with van der Waals surface area (Å²) in [6.07, 6.45) is 1.24. The number of amides is 2. The molecule has 2 rings (SSSR count). The lowest BCUT2D eigenvalue weighted by atomic mass is 10.0. The molecule has 0 heterocycles. The molecule has 0 aliphatic rings. The number of aliphatic hydroxyl groups is 1. The van der Waals surface area contributed by atoms with Gasteiger partial charge >= 0.3 is 0 Å². The number of unbranched alkanes of at least 4 members (excludes halogenated alkanes) is 1. The number of amidine groups is 1. The van der Waals surface area contributed by atoms with Crippen LogP contribution in [0, 0.1) is 11.3 Å². The molecule has 11 heteroatoms. The Kier molecular flexibility index (Phi) is 11.7. The molecular formula is C26H37N5O5S. The number of carbonyl (C=O) groups is 2. The second kappa shape index (κ2) is 14.5. The van der Waals surface area contributed by atoms with Crippen LogP contribution in [0.25, 0.3) is 0 Å². The Hall–Kier alpha value is -3.28. The Morgan fingerprint density at radius 3 is 2.19 bits per heavy atom. The molecule has 0 bridgehead atoms. The summed E-state index contributed by atoms with van der Waals surface area (Å²) in [5.41, 5.74) is 7.41. The summed E-state index contributed by atoms with van der Waals surface area (Å²) in [4.78, 5) is 26.1. The predicted molar refractivity (Wildman–Crippen MR) is 143 cm³/mol. The van der Waals surface area contributed by atoms with E-state index in [1.807, 2.05) is 0 Å². The highest BCUT2D eigenvalue weighted by atomic mass is 32.2. The zero-order valence-electron chi connectivity index (χ0n) is 21.2. The van der Waals surface area contributed by atoms with Gasteiger partial charge in [0.1, 0.15) is 17.9 Å². The van der Waals surface area contributed by atoms with Gasteiger partial charge in [-0.05, 0) is 36.3 Å². The maximum Gasteiger partial charge on any atom is 0.242 e. The SMILES string of the molecule is CC(C)[C@@H](NS(=O)(=O)Cc1ccccc1)C(=O)NC(CCCCO)C(=O)NCc1ccc(C(=N)N)cc1. The highest BCUT2D eigenvalue weighted by Gasteiger charge is 2.30. The third-order valence-electron chi connectivity index (χ3n) is 5.72. The van der Waals surface area contributed by atoms with Crippen molar-refractivity contribution in [3.05, 3.63) is 71.3 Å². The minimum atomic E-state index is -3.83. The summed E-state index contributed by atoms with van der Waals surface area (Å²) in [6, 6.07) is 13.5. The summed E-state index contributed by atoms with van der Waals surface area (Å²) in [5.74, 6) is -1.71. The number of nitrogens with two attached hydrogens (primary N) is 1. The molecule has 2 aromatic rings. The van der Waals surface area contributed by atoms with Gasteiger partial charge in [0.2, 0.25) is 21.8 Å². The number of rotatable bonds is 15. The van der Waals surface area contributed by atoms with Crippen molar-refractivity contribution in [3.63, 3.8) is 0 Å². The van der Waals surface area contributed by atoms with E-state index in [0.717, 1.165) is 5.56 Å². The van der Waals surface area contributed by atoms with E-state index >= 15 is 0 Å². The van der Waals surface area contributed by atoms with Crippen LogP contribution in [0.2, 0.25) is 0 Å². The molecule has 0 saturated heterocycles. The van der Waals surface area contributed by atoms with Crippen LogP contribution in [-0.2, 0) is 31.9 Å². The Morgan fingerprint density at radius 1 is 0.973 bits per heavy atom. The smallest absolute Gasteiger partial charge is 0.242 e. The monoisotopic (exact) mass is 531 g/mol. The van der Waals surface area contributed by atoms with Crippen LogP contribution in [0.3, 0.4) is 0 Å². The van der Waals surface area contributed by atoms with E-state index in [4.69, 9.17) is 16.2 Å². The van der Waals surface area contributed by atoms with Crippen molar-refractivity contribution in [1.82, 2.24) is 15.4 Å². The number of nitrogen functional groups attached to an aromatic ring is 1. The van der Waals surface area contributed by atoms with Crippen LogP contribution in [0.4, 0.5) is 0 Å². The predicted octanol–water partition coefficient (Wildman–Crippen LogP) is 1.38. The van der Waals surface area contributed by atoms with Crippen molar-refractivity contribution in [2.24, 2.45) is 11.7 Å². The number of nitrogens with one attached hydrogen (secondary N) is 4. The minimum absolute atomic E-state index is 0.0430. The summed E-state index contributed by atoms with van der Waals surface area (Å²) < 4.78 is 28.0. The summed E-state index contributed by atoms with van der Waals surface area (Å²) in [6.45, 7) is 3.60. The molecule has 10 nitrogen and oxygen atoms in total. The van der Waals surface area contributed by atoms with E-state index < -0.39 is 33.9 Å². The third kappa shape index (κ3) is 10.3. The van der Waals surface area contributed by atoms with Gasteiger partial charge in [-0.1, -0.05) is 68.4 Å². The summed E-state index contributed by atoms with van der Waals surface area (Å²) >= 11 is 0. The fourth-order valence-corrected chi connectivity index (χ4v) is 5.11. The van der Waals surface area contributed by atoms with Crippen molar-refractivity contribution < 1.29 is 23.1 Å². The van der Waals surface area contributed by atoms with Gasteiger partial charge in [-0.25, -0.2) is 13.1 Å². The van der Waals surface area contributed by atoms with Crippen molar-refractivity contribution in [3.8, 4) is 0 Å². The second-order valence-corrected chi connectivity index (χ2v) is 10.9. The van der Waals surface area contributed by atoms with E-state index in [9.17, 15) is 18.0 Å². The Balaban J connectivity index is 2.07. The van der Waals surface area contributed by atoms with Crippen molar-refractivity contribution in [2.75, 3.05) is 6.61 Å². The quantitative estimate of drug-likeness (QED) is 0.115. The highest BCUT2D eigenvalue weighted by Crippen LogP contribution is 2.11. The molecule has 2 atom stereocenters. The largest absolute Gasteiger partial charge is 0.396 e. The second-order valence-electron chi connectivity index (χ2n) is 9.19. The number of aliphatic hydroxyl groups excluding tert-OH is 1. The van der Waals surface area contributed by atoms with Crippen molar-refractivity contribution in [2.45, 2.75) is 57.5 Å². The molecule has 37 heavy (non-hydrogen) atoms. The summed E-state index contributed by atoms with van der Waals surface area (Å²) in [5, 5.41) is 22.1. The first kappa shape index (κ1) is 29.9. The van der Waals surface area contributed by atoms with Gasteiger partial charge in [-0.15, -0.1) is 0 Å². The molecule has 0 radical (unpaired) electrons. The molecule has 1 unspecified atom stereocenters. The normalized spacial score (nSPS) is 13.1. The van der Waals surface area contributed by atoms with Crippen LogP contribution in [0.5, 0.6) is 0 Å². The zero-order valence-corrected chi connectivity index (χ0v) is 22.1. The molecule has 0 spiro atoms. The lowest BCUT2D eigenvalue weighted by Crippen LogP contribution is -2.55. The molecule has 2 amide bonds. The van der Waals surface area contributed by atoms with E-state index in [2.05, 4.69) is 15.4 Å². The highest BCUT2D eigenvalue weighted by molar-refractivity contribution is 7.88. The van der Waals surface area contributed by atoms with E-state index in [-0.39, 0.29) is 37.1 Å². The van der Waals surface area contributed by atoms with Crippen LogP contribution in [0.15, 0.2) is 54.6 Å². The maximum atomic E-state index is 13.1. The molecular weight excluding hydrogens is 494 g/mol. The van der Waals surface area contributed by atoms with Crippen molar-refractivity contribution in [1.29, 1.82) is 5.41 Å². The topological polar surface area (TPSA) is 174 Å². The average Bonchev–Trinajstić information content (AvgIpc) is 2.85. The van der Waals surface area contributed by atoms with Gasteiger partial charge in [0.15, 0.2) is 0 Å². The van der Waals surface area contributed by atoms with Crippen LogP contribution < -0.4 is 21.1 Å². The van der Waals surface area contributed by atoms with E-state index in [1.54, 1.807) is 68.4 Å². The van der Waals surface area contributed by atoms with Gasteiger partial charge < -0.3 is 21.5 Å². The van der Waals surface area contributed by atoms with Crippen LogP contribution >= 0.6 is 0 Å². The fourth-order valence-electron chi connectivity index (χ4n) is 3.63. The van der Waals surface area contributed by atoms with Gasteiger partial charge in [0.05, 0.1) is 5.75 Å². The van der Waals surface area contributed by atoms with E-state index in [1.165, 1.54) is 0 Å². The van der Waals surface area contributed by atoms with Crippen LogP contribution in [0.1, 0.15) is 49.8 Å². The van der Waals surface area contributed by atoms with Gasteiger partial charge in [0, 0.05) is 18.7 Å². The molecule has 0 aliphatic heterocycles. The Labute approximate surface area is 218 Å². The van der Waals surface area contributed by atoms with Gasteiger partial charge in [0.25, 0.3) is 0 Å². The lowest BCUT2D eigenvalue weighted by Gasteiger charge is -2.25. The first-order valence-electron chi connectivity index (χ1n) is 12.2. The third-order valence-corrected chi connectivity index (χ3v) is 7.05. The average molecular weight is 532 g/mol. The van der Waals surface area contributed by atoms with Crippen molar-refractivity contribution >= 4 is 27.7 Å². The Bertz CT molecular complexity index is 1140. The molecule has 2 aromatic carbocycles. The number of carbonyl (C=O) groups excluding carboxylic acids is 2. The lowest BCUT2D eigenvalue weighted by molar-refractivity contribution is -0.130. The fraction of sp³-hybridized carbons (Fsp3) is 0.423. The first-order chi connectivity index (χ1) is 17.5. The molecule has 0 saturated carbocycles. The zero-order chi connectivity index (χ0) is 27.4. The first-order valence-corrected chi connectivity index (χ1v) is 13.8. The summed E-state index contributed by atoms with van der Waals surface area (Å²) in [7, 11) is -3.83. The molecule has 0 aliphatic carbocycles. The maximum absolute atomic E-state index is 13.1. The van der Waals surface area contributed by atoms with Crippen LogP contribution in [-0.4, -0.2) is 49.9 Å². The minimum Gasteiger partial charge on any atom is -0.396 e. The number of benzene rings is 2. The number of hydrogen-bond donors (Lipinski definition) is 6. The Morgan fingerprint density at radius 2 is 1.62 bits per heavy atom.